The third kappa shape index (κ3) is 4.28. The zero-order chi connectivity index (χ0) is 15.1. The number of nitrogens with one attached hydrogen (secondary N) is 2. The second kappa shape index (κ2) is 7.96. The van der Waals surface area contributed by atoms with Crippen LogP contribution in [0.15, 0.2) is 0 Å². The number of thiophene rings is 1. The number of hydrogen-bond acceptors (Lipinski definition) is 6. The average Bonchev–Trinajstić information content (AvgIpc) is 2.68. The van der Waals surface area contributed by atoms with Crippen molar-refractivity contribution >= 4 is 27.9 Å². The van der Waals surface area contributed by atoms with Crippen molar-refractivity contribution < 1.29 is 14.3 Å². The lowest BCUT2D eigenvalue weighted by atomic mass is 10.3. The van der Waals surface area contributed by atoms with Gasteiger partial charge < -0.3 is 25.8 Å². The molecule has 4 N–H and O–H groups in total. The number of anilines is 2. The zero-order valence-electron chi connectivity index (χ0n) is 12.4. The number of methoxy groups -OCH3 is 1. The molecule has 0 aromatic carbocycles. The quantitative estimate of drug-likeness (QED) is 0.639. The first-order valence-corrected chi connectivity index (χ1v) is 7.42. The van der Waals surface area contributed by atoms with Crippen molar-refractivity contribution in [3.8, 4) is 5.75 Å². The molecule has 1 amide bonds. The molecule has 0 aliphatic rings. The fourth-order valence-corrected chi connectivity index (χ4v) is 2.57. The molecule has 0 saturated carbocycles. The average molecular weight is 301 g/mol. The number of carbonyl (C=O) groups is 1. The number of amides is 1. The molecule has 114 valence electrons. The highest BCUT2D eigenvalue weighted by atomic mass is 32.1. The maximum atomic E-state index is 12.0. The lowest BCUT2D eigenvalue weighted by Gasteiger charge is -2.12. The Balaban J connectivity index is 3.00. The van der Waals surface area contributed by atoms with Crippen LogP contribution in [0.4, 0.5) is 10.7 Å². The van der Waals surface area contributed by atoms with E-state index in [0.717, 1.165) is 5.00 Å². The summed E-state index contributed by atoms with van der Waals surface area (Å²) < 4.78 is 10.7. The summed E-state index contributed by atoms with van der Waals surface area (Å²) in [6, 6.07) is 0. The minimum Gasteiger partial charge on any atom is -0.486 e. The van der Waals surface area contributed by atoms with E-state index >= 15 is 0 Å². The first kappa shape index (κ1) is 16.6. The van der Waals surface area contributed by atoms with Crippen LogP contribution in [0.25, 0.3) is 0 Å². The fraction of sp³-hybridized carbons (Fsp3) is 0.615. The summed E-state index contributed by atoms with van der Waals surface area (Å²) in [6.45, 7) is 7.45. The minimum absolute atomic E-state index is 0.0167. The van der Waals surface area contributed by atoms with Crippen molar-refractivity contribution in [3.63, 3.8) is 0 Å². The van der Waals surface area contributed by atoms with Crippen molar-refractivity contribution in [2.75, 3.05) is 37.9 Å². The summed E-state index contributed by atoms with van der Waals surface area (Å²) in [4.78, 5) is 12.4. The molecular formula is C13H23N3O3S. The number of carbonyl (C=O) groups excluding carboxylic acids is 1. The number of rotatable bonds is 8. The van der Waals surface area contributed by atoms with Crippen LogP contribution in [0.3, 0.4) is 0 Å². The number of ether oxygens (including phenoxy) is 2. The SMILES string of the molecule is CCNC(=O)c1sc(NCCOC)c(OC(C)C)c1N. The summed E-state index contributed by atoms with van der Waals surface area (Å²) in [6.07, 6.45) is -0.0167. The van der Waals surface area contributed by atoms with Crippen LogP contribution in [0.1, 0.15) is 30.4 Å². The monoisotopic (exact) mass is 301 g/mol. The summed E-state index contributed by atoms with van der Waals surface area (Å²) in [5.41, 5.74) is 6.43. The third-order valence-corrected chi connectivity index (χ3v) is 3.53. The normalized spacial score (nSPS) is 10.7. The second-order valence-electron chi connectivity index (χ2n) is 4.45. The van der Waals surface area contributed by atoms with E-state index in [2.05, 4.69) is 10.6 Å². The van der Waals surface area contributed by atoms with E-state index in [1.807, 2.05) is 20.8 Å². The highest BCUT2D eigenvalue weighted by Gasteiger charge is 2.22. The molecule has 1 heterocycles. The predicted molar refractivity (Wildman–Crippen MR) is 82.9 cm³/mol. The molecule has 0 atom stereocenters. The van der Waals surface area contributed by atoms with E-state index in [4.69, 9.17) is 15.2 Å². The molecule has 7 heteroatoms. The van der Waals surface area contributed by atoms with Crippen molar-refractivity contribution in [2.45, 2.75) is 26.9 Å². The Hall–Kier alpha value is -1.47. The molecule has 0 spiro atoms. The maximum absolute atomic E-state index is 12.0. The largest absolute Gasteiger partial charge is 0.486 e. The van der Waals surface area contributed by atoms with Gasteiger partial charge in [-0.2, -0.15) is 0 Å². The topological polar surface area (TPSA) is 85.6 Å². The number of hydrogen-bond donors (Lipinski definition) is 3. The van der Waals surface area contributed by atoms with E-state index in [9.17, 15) is 4.79 Å². The molecule has 0 radical (unpaired) electrons. The van der Waals surface area contributed by atoms with Gasteiger partial charge in [0, 0.05) is 20.2 Å². The molecule has 20 heavy (non-hydrogen) atoms. The van der Waals surface area contributed by atoms with Gasteiger partial charge >= 0.3 is 0 Å². The lowest BCUT2D eigenvalue weighted by Crippen LogP contribution is -2.22. The summed E-state index contributed by atoms with van der Waals surface area (Å²) in [7, 11) is 1.64. The maximum Gasteiger partial charge on any atom is 0.263 e. The Morgan fingerprint density at radius 1 is 1.45 bits per heavy atom. The Bertz CT molecular complexity index is 446. The molecular weight excluding hydrogens is 278 g/mol. The predicted octanol–water partition coefficient (Wildman–Crippen LogP) is 1.93. The van der Waals surface area contributed by atoms with Gasteiger partial charge in [-0.15, -0.1) is 11.3 Å². The highest BCUT2D eigenvalue weighted by molar-refractivity contribution is 7.19. The van der Waals surface area contributed by atoms with E-state index in [-0.39, 0.29) is 12.0 Å². The van der Waals surface area contributed by atoms with Crippen LogP contribution in [-0.4, -0.2) is 38.8 Å². The van der Waals surface area contributed by atoms with E-state index in [1.54, 1.807) is 7.11 Å². The van der Waals surface area contributed by atoms with Gasteiger partial charge in [0.25, 0.3) is 5.91 Å². The molecule has 0 fully saturated rings. The van der Waals surface area contributed by atoms with Gasteiger partial charge in [0.1, 0.15) is 15.6 Å². The Morgan fingerprint density at radius 2 is 2.15 bits per heavy atom. The minimum atomic E-state index is -0.177. The standard InChI is InChI=1S/C13H23N3O3S/c1-5-15-12(17)11-9(14)10(19-8(2)3)13(20-11)16-6-7-18-4/h8,16H,5-7,14H2,1-4H3,(H,15,17). The Morgan fingerprint density at radius 3 is 2.70 bits per heavy atom. The molecule has 0 unspecified atom stereocenters. The molecule has 0 aliphatic carbocycles. The third-order valence-electron chi connectivity index (χ3n) is 2.39. The van der Waals surface area contributed by atoms with Gasteiger partial charge in [-0.1, -0.05) is 0 Å². The fourth-order valence-electron chi connectivity index (χ4n) is 1.57. The van der Waals surface area contributed by atoms with Crippen LogP contribution in [0, 0.1) is 0 Å². The van der Waals surface area contributed by atoms with Crippen molar-refractivity contribution in [1.29, 1.82) is 0 Å². The van der Waals surface area contributed by atoms with Crippen LogP contribution < -0.4 is 21.1 Å². The van der Waals surface area contributed by atoms with E-state index < -0.39 is 0 Å². The molecule has 6 nitrogen and oxygen atoms in total. The number of nitrogens with two attached hydrogens (primary N) is 1. The molecule has 0 bridgehead atoms. The van der Waals surface area contributed by atoms with E-state index in [1.165, 1.54) is 11.3 Å². The van der Waals surface area contributed by atoms with E-state index in [0.29, 0.717) is 36.0 Å². The van der Waals surface area contributed by atoms with Gasteiger partial charge in [-0.05, 0) is 20.8 Å². The molecule has 1 aromatic heterocycles. The first-order valence-electron chi connectivity index (χ1n) is 6.61. The van der Waals surface area contributed by atoms with Gasteiger partial charge in [-0.3, -0.25) is 4.79 Å². The Kier molecular flexibility index (Phi) is 6.60. The van der Waals surface area contributed by atoms with Gasteiger partial charge in [0.05, 0.1) is 12.7 Å². The lowest BCUT2D eigenvalue weighted by molar-refractivity contribution is 0.0960. The summed E-state index contributed by atoms with van der Waals surface area (Å²) in [5.74, 6) is 0.366. The molecule has 1 aromatic rings. The Labute approximate surface area is 123 Å². The van der Waals surface area contributed by atoms with Gasteiger partial charge in [-0.25, -0.2) is 0 Å². The summed E-state index contributed by atoms with van der Waals surface area (Å²) in [5, 5.41) is 6.69. The van der Waals surface area contributed by atoms with Crippen LogP contribution in [0.2, 0.25) is 0 Å². The molecule has 0 saturated heterocycles. The van der Waals surface area contributed by atoms with Crippen molar-refractivity contribution in [1.82, 2.24) is 5.32 Å². The number of nitrogen functional groups attached to an aromatic ring is 1. The van der Waals surface area contributed by atoms with Crippen LogP contribution in [0.5, 0.6) is 5.75 Å². The second-order valence-corrected chi connectivity index (χ2v) is 5.47. The molecule has 0 aliphatic heterocycles. The van der Waals surface area contributed by atoms with Crippen LogP contribution >= 0.6 is 11.3 Å². The van der Waals surface area contributed by atoms with Crippen molar-refractivity contribution in [3.05, 3.63) is 4.88 Å². The van der Waals surface area contributed by atoms with Crippen LogP contribution in [-0.2, 0) is 4.74 Å². The summed E-state index contributed by atoms with van der Waals surface area (Å²) >= 11 is 1.30. The molecule has 1 rings (SSSR count). The highest BCUT2D eigenvalue weighted by Crippen LogP contribution is 2.43. The smallest absolute Gasteiger partial charge is 0.263 e. The first-order chi connectivity index (χ1) is 9.51. The zero-order valence-corrected chi connectivity index (χ0v) is 13.2. The van der Waals surface area contributed by atoms with Crippen molar-refractivity contribution in [2.24, 2.45) is 0 Å². The van der Waals surface area contributed by atoms with Gasteiger partial charge in [0.2, 0.25) is 0 Å². The van der Waals surface area contributed by atoms with Gasteiger partial charge in [0.15, 0.2) is 5.75 Å².